The molecule has 6 nitrogen and oxygen atoms in total. The molecule has 1 amide bonds. The number of allylic oxidation sites excluding steroid dienone is 10. The molecule has 372 valence electrons. The van der Waals surface area contributed by atoms with E-state index in [-0.39, 0.29) is 24.9 Å². The van der Waals surface area contributed by atoms with Gasteiger partial charge < -0.3 is 20.3 Å². The van der Waals surface area contributed by atoms with Crippen molar-refractivity contribution in [2.24, 2.45) is 0 Å². The van der Waals surface area contributed by atoms with Gasteiger partial charge >= 0.3 is 5.97 Å². The second-order valence-corrected chi connectivity index (χ2v) is 18.7. The van der Waals surface area contributed by atoms with Crippen molar-refractivity contribution in [2.45, 2.75) is 289 Å². The molecule has 3 atom stereocenters. The summed E-state index contributed by atoms with van der Waals surface area (Å²) in [5.41, 5.74) is 0. The van der Waals surface area contributed by atoms with Crippen molar-refractivity contribution in [3.05, 3.63) is 60.8 Å². The molecule has 0 fully saturated rings. The largest absolute Gasteiger partial charge is 0.462 e. The van der Waals surface area contributed by atoms with Gasteiger partial charge in [-0.2, -0.15) is 0 Å². The number of unbranched alkanes of at least 4 members (excludes halogenated alkanes) is 30. The van der Waals surface area contributed by atoms with E-state index in [1.165, 1.54) is 141 Å². The van der Waals surface area contributed by atoms with Crippen LogP contribution in [0.5, 0.6) is 0 Å². The van der Waals surface area contributed by atoms with Gasteiger partial charge in [0.1, 0.15) is 6.10 Å². The van der Waals surface area contributed by atoms with E-state index in [0.717, 1.165) is 83.5 Å². The number of nitrogens with one attached hydrogen (secondary N) is 1. The first kappa shape index (κ1) is 61.6. The van der Waals surface area contributed by atoms with Crippen molar-refractivity contribution in [1.29, 1.82) is 0 Å². The molecule has 0 heterocycles. The van der Waals surface area contributed by atoms with Crippen molar-refractivity contribution >= 4 is 11.9 Å². The summed E-state index contributed by atoms with van der Waals surface area (Å²) in [6, 6.07) is -0.716. The summed E-state index contributed by atoms with van der Waals surface area (Å²) in [5.74, 6) is -0.530. The van der Waals surface area contributed by atoms with Crippen LogP contribution in [0.25, 0.3) is 0 Å². The Bertz CT molecular complexity index is 1140. The predicted molar refractivity (Wildman–Crippen MR) is 278 cm³/mol. The Morgan fingerprint density at radius 3 is 1.34 bits per heavy atom. The van der Waals surface area contributed by atoms with E-state index in [0.29, 0.717) is 19.3 Å². The highest BCUT2D eigenvalue weighted by Gasteiger charge is 2.24. The topological polar surface area (TPSA) is 95.9 Å². The zero-order valence-corrected chi connectivity index (χ0v) is 42.4. The van der Waals surface area contributed by atoms with E-state index in [1.54, 1.807) is 0 Å². The van der Waals surface area contributed by atoms with Crippen LogP contribution < -0.4 is 5.32 Å². The Morgan fingerprint density at radius 1 is 0.469 bits per heavy atom. The number of esters is 1. The highest BCUT2D eigenvalue weighted by molar-refractivity contribution is 5.77. The third-order valence-corrected chi connectivity index (χ3v) is 12.4. The van der Waals surface area contributed by atoms with Gasteiger partial charge in [-0.25, -0.2) is 0 Å². The van der Waals surface area contributed by atoms with Crippen LogP contribution in [0.4, 0.5) is 0 Å². The molecule has 0 spiro atoms. The zero-order valence-electron chi connectivity index (χ0n) is 42.4. The fourth-order valence-electron chi connectivity index (χ4n) is 8.26. The summed E-state index contributed by atoms with van der Waals surface area (Å²) in [7, 11) is 0. The summed E-state index contributed by atoms with van der Waals surface area (Å²) in [4.78, 5) is 26.2. The Kier molecular flexibility index (Phi) is 49.6. The number of aliphatic hydroxyl groups excluding tert-OH is 2. The zero-order chi connectivity index (χ0) is 46.7. The maximum atomic E-state index is 13.2. The van der Waals surface area contributed by atoms with Crippen LogP contribution in [0.15, 0.2) is 60.8 Å². The summed E-state index contributed by atoms with van der Waals surface area (Å²) in [6.07, 6.45) is 64.3. The van der Waals surface area contributed by atoms with Gasteiger partial charge in [-0.05, 0) is 70.6 Å². The lowest BCUT2D eigenvalue weighted by atomic mass is 10.0. The smallest absolute Gasteiger partial charge is 0.306 e. The summed E-state index contributed by atoms with van der Waals surface area (Å²) in [5, 5.41) is 23.8. The van der Waals surface area contributed by atoms with Crippen molar-refractivity contribution in [3.63, 3.8) is 0 Å². The molecule has 0 aromatic heterocycles. The second-order valence-electron chi connectivity index (χ2n) is 18.7. The minimum absolute atomic E-state index is 0.0506. The molecule has 0 bridgehead atoms. The average molecular weight is 896 g/mol. The maximum Gasteiger partial charge on any atom is 0.306 e. The fraction of sp³-hybridized carbons (Fsp3) is 0.793. The highest BCUT2D eigenvalue weighted by Crippen LogP contribution is 2.18. The molecule has 3 unspecified atom stereocenters. The van der Waals surface area contributed by atoms with Gasteiger partial charge in [-0.1, -0.05) is 248 Å². The van der Waals surface area contributed by atoms with E-state index in [4.69, 9.17) is 4.74 Å². The molecule has 0 aliphatic carbocycles. The molecule has 0 saturated heterocycles. The molecular formula is C58H105NO5. The molecule has 6 heteroatoms. The number of aliphatic hydroxyl groups is 2. The molecular weight excluding hydrogens is 791 g/mol. The van der Waals surface area contributed by atoms with Crippen molar-refractivity contribution in [2.75, 3.05) is 6.61 Å². The lowest BCUT2D eigenvalue weighted by Gasteiger charge is -2.24. The van der Waals surface area contributed by atoms with Gasteiger partial charge in [0, 0.05) is 6.42 Å². The minimum Gasteiger partial charge on any atom is -0.462 e. The van der Waals surface area contributed by atoms with Crippen LogP contribution >= 0.6 is 0 Å². The molecule has 0 aliphatic heterocycles. The first-order valence-corrected chi connectivity index (χ1v) is 27.6. The quantitative estimate of drug-likeness (QED) is 0.0245. The Balaban J connectivity index is 4.61. The molecule has 0 aromatic rings. The maximum absolute atomic E-state index is 13.2. The first-order chi connectivity index (χ1) is 31.5. The summed E-state index contributed by atoms with van der Waals surface area (Å²) < 4.78 is 5.92. The number of carbonyl (C=O) groups is 2. The van der Waals surface area contributed by atoms with Gasteiger partial charge in [0.2, 0.25) is 5.91 Å². The third-order valence-electron chi connectivity index (χ3n) is 12.4. The summed E-state index contributed by atoms with van der Waals surface area (Å²) >= 11 is 0. The lowest BCUT2D eigenvalue weighted by Crippen LogP contribution is -2.46. The monoisotopic (exact) mass is 896 g/mol. The summed E-state index contributed by atoms with van der Waals surface area (Å²) in [6.45, 7) is 6.35. The van der Waals surface area contributed by atoms with Crippen molar-refractivity contribution in [3.8, 4) is 0 Å². The Hall–Kier alpha value is -2.44. The van der Waals surface area contributed by atoms with Gasteiger partial charge in [-0.3, -0.25) is 9.59 Å². The number of ether oxygens (including phenoxy) is 1. The number of hydrogen-bond acceptors (Lipinski definition) is 5. The number of hydrogen-bond donors (Lipinski definition) is 3. The Labute approximate surface area is 397 Å². The normalized spacial score (nSPS) is 13.6. The molecule has 0 saturated carbocycles. The van der Waals surface area contributed by atoms with Crippen LogP contribution in [0, 0.1) is 0 Å². The van der Waals surface area contributed by atoms with E-state index in [2.05, 4.69) is 62.5 Å². The van der Waals surface area contributed by atoms with Crippen LogP contribution in [-0.4, -0.2) is 46.9 Å². The van der Waals surface area contributed by atoms with E-state index in [1.807, 2.05) is 24.3 Å². The number of amides is 1. The van der Waals surface area contributed by atoms with E-state index in [9.17, 15) is 19.8 Å². The lowest BCUT2D eigenvalue weighted by molar-refractivity contribution is -0.151. The average Bonchev–Trinajstić information content (AvgIpc) is 3.29. The standard InChI is InChI=1S/C58H105NO5/c1-4-7-10-13-16-19-22-25-27-29-32-34-37-40-43-46-49-54(64-58(63)51-48-45-42-39-36-31-24-21-18-15-12-9-6-3)52-57(62)59-55(53-60)56(61)50-47-44-41-38-35-33-30-28-26-23-20-17-14-11-8-5-2/h9,12,15,18,21,24,31-32,34,36,54-56,60-61H,4-8,10-11,13-14,16-17,19-20,22-23,25-30,33,35,37-53H2,1-3H3,(H,59,62)/b12-9+,18-15+,24-21-,34-32+,36-31-. The van der Waals surface area contributed by atoms with Gasteiger partial charge in [0.05, 0.1) is 25.2 Å². The van der Waals surface area contributed by atoms with Gasteiger partial charge in [-0.15, -0.1) is 0 Å². The minimum atomic E-state index is -0.800. The number of carbonyl (C=O) groups excluding carboxylic acids is 2. The Morgan fingerprint density at radius 2 is 0.859 bits per heavy atom. The van der Waals surface area contributed by atoms with Gasteiger partial charge in [0.15, 0.2) is 0 Å². The van der Waals surface area contributed by atoms with Crippen molar-refractivity contribution < 1.29 is 24.5 Å². The van der Waals surface area contributed by atoms with Crippen LogP contribution in [0.1, 0.15) is 271 Å². The number of rotatable bonds is 49. The predicted octanol–water partition coefficient (Wildman–Crippen LogP) is 16.8. The van der Waals surface area contributed by atoms with Crippen LogP contribution in [0.3, 0.4) is 0 Å². The van der Waals surface area contributed by atoms with E-state index >= 15 is 0 Å². The molecule has 0 rings (SSSR count). The fourth-order valence-corrected chi connectivity index (χ4v) is 8.26. The molecule has 0 radical (unpaired) electrons. The molecule has 0 aliphatic rings. The molecule has 0 aromatic carbocycles. The van der Waals surface area contributed by atoms with Crippen molar-refractivity contribution in [1.82, 2.24) is 5.32 Å². The molecule has 3 N–H and O–H groups in total. The molecule has 64 heavy (non-hydrogen) atoms. The van der Waals surface area contributed by atoms with Crippen LogP contribution in [0.2, 0.25) is 0 Å². The first-order valence-electron chi connectivity index (χ1n) is 27.6. The van der Waals surface area contributed by atoms with Gasteiger partial charge in [0.25, 0.3) is 0 Å². The van der Waals surface area contributed by atoms with E-state index < -0.39 is 18.2 Å². The second kappa shape index (κ2) is 51.5. The third kappa shape index (κ3) is 46.1. The SMILES string of the molecule is CC/C=C/C=C/C=C\C=C/CCCCCC(=O)OC(CCCCC/C=C/CCCCCCCCCCC)CC(=O)NC(CO)C(O)CCCCCCCCCCCCCCCCCC. The van der Waals surface area contributed by atoms with Crippen LogP contribution in [-0.2, 0) is 14.3 Å². The highest BCUT2D eigenvalue weighted by atomic mass is 16.5.